The summed E-state index contributed by atoms with van der Waals surface area (Å²) < 4.78 is 18.1. The van der Waals surface area contributed by atoms with Crippen molar-refractivity contribution in [2.45, 2.75) is 6.42 Å². The van der Waals surface area contributed by atoms with E-state index in [1.54, 1.807) is 7.11 Å². The van der Waals surface area contributed by atoms with Gasteiger partial charge in [0.25, 0.3) is 0 Å². The van der Waals surface area contributed by atoms with Gasteiger partial charge in [-0.25, -0.2) is 9.18 Å². The Balaban J connectivity index is 1.84. The van der Waals surface area contributed by atoms with E-state index in [2.05, 4.69) is 10.6 Å². The lowest BCUT2D eigenvalue weighted by atomic mass is 10.1. The van der Waals surface area contributed by atoms with Gasteiger partial charge < -0.3 is 15.4 Å². The van der Waals surface area contributed by atoms with E-state index < -0.39 is 11.8 Å². The number of hydrogen-bond acceptors (Lipinski definition) is 3. The zero-order valence-corrected chi connectivity index (χ0v) is 12.6. The second-order valence-electron chi connectivity index (χ2n) is 4.78. The van der Waals surface area contributed by atoms with Crippen molar-refractivity contribution in [3.63, 3.8) is 0 Å². The van der Waals surface area contributed by atoms with Crippen LogP contribution in [0.5, 0.6) is 5.75 Å². The predicted molar refractivity (Wildman–Crippen MR) is 84.8 cm³/mol. The topological polar surface area (TPSA) is 74.2 Å². The summed E-state index contributed by atoms with van der Waals surface area (Å²) in [6.07, 6.45) is 0.659. The van der Waals surface area contributed by atoms with Crippen LogP contribution in [0, 0.1) is 17.1 Å². The molecule has 6 heteroatoms. The van der Waals surface area contributed by atoms with Crippen molar-refractivity contribution < 1.29 is 13.9 Å². The first kappa shape index (κ1) is 16.3. The highest BCUT2D eigenvalue weighted by Crippen LogP contribution is 2.15. The van der Waals surface area contributed by atoms with Crippen LogP contribution < -0.4 is 15.4 Å². The summed E-state index contributed by atoms with van der Waals surface area (Å²) in [7, 11) is 1.60. The standard InChI is InChI=1S/C17H16FN3O2/c1-23-15-5-2-12(3-6-15)8-9-20-17(22)21-16-7-4-14(18)10-13(16)11-19/h2-7,10H,8-9H2,1H3,(H2,20,21,22). The lowest BCUT2D eigenvalue weighted by molar-refractivity contribution is 0.252. The van der Waals surface area contributed by atoms with Crippen LogP contribution in [0.25, 0.3) is 0 Å². The zero-order chi connectivity index (χ0) is 16.7. The number of anilines is 1. The molecule has 0 aromatic heterocycles. The average molecular weight is 313 g/mol. The maximum absolute atomic E-state index is 13.0. The molecule has 2 rings (SSSR count). The molecule has 0 heterocycles. The molecule has 0 bridgehead atoms. The maximum Gasteiger partial charge on any atom is 0.319 e. The minimum Gasteiger partial charge on any atom is -0.497 e. The number of amides is 2. The van der Waals surface area contributed by atoms with Crippen LogP contribution in [0.4, 0.5) is 14.9 Å². The first-order valence-electron chi connectivity index (χ1n) is 7.00. The van der Waals surface area contributed by atoms with Crippen LogP contribution >= 0.6 is 0 Å². The van der Waals surface area contributed by atoms with E-state index >= 15 is 0 Å². The van der Waals surface area contributed by atoms with Crippen molar-refractivity contribution in [3.8, 4) is 11.8 Å². The van der Waals surface area contributed by atoms with Crippen molar-refractivity contribution in [2.24, 2.45) is 0 Å². The Morgan fingerprint density at radius 2 is 2.00 bits per heavy atom. The van der Waals surface area contributed by atoms with Crippen LogP contribution in [0.15, 0.2) is 42.5 Å². The largest absolute Gasteiger partial charge is 0.497 e. The minimum absolute atomic E-state index is 0.0790. The molecule has 2 N–H and O–H groups in total. The van der Waals surface area contributed by atoms with Gasteiger partial charge in [0.1, 0.15) is 17.6 Å². The Bertz CT molecular complexity index is 724. The summed E-state index contributed by atoms with van der Waals surface area (Å²) in [6, 6.07) is 12.6. The molecule has 0 saturated carbocycles. The van der Waals surface area contributed by atoms with Gasteiger partial charge in [-0.15, -0.1) is 0 Å². The lowest BCUT2D eigenvalue weighted by Gasteiger charge is -2.09. The number of rotatable bonds is 5. The second kappa shape index (κ2) is 7.80. The average Bonchev–Trinajstić information content (AvgIpc) is 2.57. The fourth-order valence-electron chi connectivity index (χ4n) is 2.00. The number of benzene rings is 2. The van der Waals surface area contributed by atoms with Crippen molar-refractivity contribution in [1.82, 2.24) is 5.32 Å². The molecule has 23 heavy (non-hydrogen) atoms. The third-order valence-electron chi connectivity index (χ3n) is 3.21. The molecule has 0 aliphatic heterocycles. The summed E-state index contributed by atoms with van der Waals surface area (Å²) >= 11 is 0. The van der Waals surface area contributed by atoms with Gasteiger partial charge in [0.05, 0.1) is 18.4 Å². The number of halogens is 1. The Labute approximate surface area is 133 Å². The van der Waals surface area contributed by atoms with Crippen molar-refractivity contribution in [2.75, 3.05) is 19.0 Å². The highest BCUT2D eigenvalue weighted by Gasteiger charge is 2.07. The Morgan fingerprint density at radius 3 is 2.65 bits per heavy atom. The number of carbonyl (C=O) groups excluding carboxylic acids is 1. The quantitative estimate of drug-likeness (QED) is 0.891. The van der Waals surface area contributed by atoms with Gasteiger partial charge in [-0.05, 0) is 42.3 Å². The van der Waals surface area contributed by atoms with E-state index in [9.17, 15) is 9.18 Å². The highest BCUT2D eigenvalue weighted by molar-refractivity contribution is 5.90. The van der Waals surface area contributed by atoms with E-state index in [0.29, 0.717) is 13.0 Å². The third-order valence-corrected chi connectivity index (χ3v) is 3.21. The summed E-state index contributed by atoms with van der Waals surface area (Å²) in [5.41, 5.74) is 1.41. The van der Waals surface area contributed by atoms with Gasteiger partial charge in [-0.1, -0.05) is 12.1 Å². The maximum atomic E-state index is 13.0. The Hall–Kier alpha value is -3.07. The van der Waals surface area contributed by atoms with E-state index in [1.807, 2.05) is 30.3 Å². The van der Waals surface area contributed by atoms with Gasteiger partial charge >= 0.3 is 6.03 Å². The molecule has 0 spiro atoms. The molecule has 2 aromatic rings. The zero-order valence-electron chi connectivity index (χ0n) is 12.6. The molecular formula is C17H16FN3O2. The summed E-state index contributed by atoms with van der Waals surface area (Å²) in [5.74, 6) is 0.256. The number of ether oxygens (including phenoxy) is 1. The summed E-state index contributed by atoms with van der Waals surface area (Å²) in [4.78, 5) is 11.8. The van der Waals surface area contributed by atoms with Gasteiger partial charge in [-0.3, -0.25) is 0 Å². The third kappa shape index (κ3) is 4.71. The number of nitrogens with one attached hydrogen (secondary N) is 2. The highest BCUT2D eigenvalue weighted by atomic mass is 19.1. The van der Waals surface area contributed by atoms with Crippen LogP contribution in [-0.2, 0) is 6.42 Å². The van der Waals surface area contributed by atoms with Crippen LogP contribution in [0.1, 0.15) is 11.1 Å². The second-order valence-corrected chi connectivity index (χ2v) is 4.78. The normalized spacial score (nSPS) is 9.78. The van der Waals surface area contributed by atoms with Crippen molar-refractivity contribution in [1.29, 1.82) is 5.26 Å². The molecule has 5 nitrogen and oxygen atoms in total. The first-order valence-corrected chi connectivity index (χ1v) is 7.00. The predicted octanol–water partition coefficient (Wildman–Crippen LogP) is 3.07. The molecule has 0 aliphatic carbocycles. The summed E-state index contributed by atoms with van der Waals surface area (Å²) in [6.45, 7) is 0.432. The number of methoxy groups -OCH3 is 1. The van der Waals surface area contributed by atoms with Crippen LogP contribution in [0.2, 0.25) is 0 Å². The summed E-state index contributed by atoms with van der Waals surface area (Å²) in [5, 5.41) is 14.1. The number of nitriles is 1. The number of hydrogen-bond donors (Lipinski definition) is 2. The van der Waals surface area contributed by atoms with Crippen LogP contribution in [-0.4, -0.2) is 19.7 Å². The molecule has 0 radical (unpaired) electrons. The molecule has 118 valence electrons. The fraction of sp³-hybridized carbons (Fsp3) is 0.176. The van der Waals surface area contributed by atoms with E-state index in [4.69, 9.17) is 10.00 Å². The lowest BCUT2D eigenvalue weighted by Crippen LogP contribution is -2.30. The van der Waals surface area contributed by atoms with E-state index in [-0.39, 0.29) is 11.3 Å². The smallest absolute Gasteiger partial charge is 0.319 e. The van der Waals surface area contributed by atoms with Crippen LogP contribution in [0.3, 0.4) is 0 Å². The van der Waals surface area contributed by atoms with E-state index in [1.165, 1.54) is 12.1 Å². The molecule has 0 fully saturated rings. The van der Waals surface area contributed by atoms with Crippen molar-refractivity contribution >= 4 is 11.7 Å². The molecule has 2 aromatic carbocycles. The Morgan fingerprint density at radius 1 is 1.26 bits per heavy atom. The molecule has 0 unspecified atom stereocenters. The van der Waals surface area contributed by atoms with Crippen molar-refractivity contribution in [3.05, 3.63) is 59.4 Å². The molecular weight excluding hydrogens is 297 g/mol. The SMILES string of the molecule is COc1ccc(CCNC(=O)Nc2ccc(F)cc2C#N)cc1. The van der Waals surface area contributed by atoms with Gasteiger partial charge in [0, 0.05) is 6.54 Å². The number of nitrogens with zero attached hydrogens (tertiary/aromatic N) is 1. The van der Waals surface area contributed by atoms with Gasteiger partial charge in [0.2, 0.25) is 0 Å². The fourth-order valence-corrected chi connectivity index (χ4v) is 2.00. The minimum atomic E-state index is -0.521. The number of urea groups is 1. The van der Waals surface area contributed by atoms with E-state index in [0.717, 1.165) is 17.4 Å². The monoisotopic (exact) mass is 313 g/mol. The molecule has 0 saturated heterocycles. The molecule has 0 aliphatic rings. The molecule has 0 atom stereocenters. The first-order chi connectivity index (χ1) is 11.1. The number of carbonyl (C=O) groups is 1. The Kier molecular flexibility index (Phi) is 5.53. The molecule has 2 amide bonds. The van der Waals surface area contributed by atoms with Gasteiger partial charge in [-0.2, -0.15) is 5.26 Å². The van der Waals surface area contributed by atoms with Gasteiger partial charge in [0.15, 0.2) is 0 Å².